The molecule has 0 amide bonds. The van der Waals surface area contributed by atoms with E-state index in [0.717, 1.165) is 24.8 Å². The Kier molecular flexibility index (Phi) is 5.39. The van der Waals surface area contributed by atoms with Crippen LogP contribution in [0.5, 0.6) is 0 Å². The lowest BCUT2D eigenvalue weighted by atomic mass is 9.96. The quantitative estimate of drug-likeness (QED) is 0.527. The normalized spacial score (nSPS) is 19.9. The van der Waals surface area contributed by atoms with Gasteiger partial charge < -0.3 is 4.74 Å². The molecule has 0 bridgehead atoms. The van der Waals surface area contributed by atoms with Crippen LogP contribution in [0.1, 0.15) is 52.4 Å². The van der Waals surface area contributed by atoms with Crippen LogP contribution in [0.25, 0.3) is 0 Å². The fraction of sp³-hybridized carbons (Fsp3) is 0.714. The first-order valence-corrected chi connectivity index (χ1v) is 6.39. The van der Waals surface area contributed by atoms with Gasteiger partial charge in [-0.3, -0.25) is 9.59 Å². The van der Waals surface area contributed by atoms with Crippen LogP contribution >= 0.6 is 0 Å². The molecule has 3 heteroatoms. The first-order valence-electron chi connectivity index (χ1n) is 6.39. The maximum Gasteiger partial charge on any atom is 0.310 e. The van der Waals surface area contributed by atoms with Crippen LogP contribution in [0.2, 0.25) is 0 Å². The number of carbonyl (C=O) groups excluding carboxylic acids is 2. The van der Waals surface area contributed by atoms with Gasteiger partial charge in [-0.2, -0.15) is 0 Å². The minimum atomic E-state index is -0.318. The summed E-state index contributed by atoms with van der Waals surface area (Å²) in [6.45, 7) is 4.11. The van der Waals surface area contributed by atoms with Crippen molar-refractivity contribution in [2.24, 2.45) is 5.92 Å². The summed E-state index contributed by atoms with van der Waals surface area (Å²) in [6.07, 6.45) is 5.37. The molecule has 0 aromatic rings. The van der Waals surface area contributed by atoms with E-state index < -0.39 is 0 Å². The topological polar surface area (TPSA) is 43.4 Å². The molecule has 0 aromatic heterocycles. The number of methoxy groups -OCH3 is 1. The Hall–Kier alpha value is -1.12. The molecular formula is C14H22O3. The summed E-state index contributed by atoms with van der Waals surface area (Å²) in [6, 6.07) is 0. The molecular weight excluding hydrogens is 216 g/mol. The van der Waals surface area contributed by atoms with Gasteiger partial charge in [0, 0.05) is 11.5 Å². The van der Waals surface area contributed by atoms with Gasteiger partial charge >= 0.3 is 5.97 Å². The summed E-state index contributed by atoms with van der Waals surface area (Å²) in [5.41, 5.74) is 1.76. The van der Waals surface area contributed by atoms with E-state index in [1.54, 1.807) is 0 Å². The predicted molar refractivity (Wildman–Crippen MR) is 66.6 cm³/mol. The van der Waals surface area contributed by atoms with Crippen molar-refractivity contribution in [3.63, 3.8) is 0 Å². The number of allylic oxidation sites excluding steroid dienone is 1. The van der Waals surface area contributed by atoms with Crippen LogP contribution in [0.4, 0.5) is 0 Å². The number of Topliss-reactive ketones (excluding diaryl/α,β-unsaturated/α-hetero) is 1. The number of hydrogen-bond donors (Lipinski definition) is 0. The molecule has 1 rings (SSSR count). The molecule has 3 nitrogen and oxygen atoms in total. The summed E-state index contributed by atoms with van der Waals surface area (Å²) in [5.74, 6) is -0.0351. The Bertz CT molecular complexity index is 328. The van der Waals surface area contributed by atoms with Gasteiger partial charge in [0.25, 0.3) is 0 Å². The summed E-state index contributed by atoms with van der Waals surface area (Å²) in [7, 11) is 1.36. The Morgan fingerprint density at radius 2 is 2.12 bits per heavy atom. The van der Waals surface area contributed by atoms with E-state index in [1.807, 2.05) is 6.92 Å². The average molecular weight is 238 g/mol. The first kappa shape index (κ1) is 13.9. The van der Waals surface area contributed by atoms with Crippen LogP contribution in [-0.4, -0.2) is 18.9 Å². The Morgan fingerprint density at radius 3 is 2.71 bits per heavy atom. The molecule has 0 fully saturated rings. The van der Waals surface area contributed by atoms with E-state index >= 15 is 0 Å². The summed E-state index contributed by atoms with van der Waals surface area (Å²) < 4.78 is 4.62. The maximum absolute atomic E-state index is 12.1. The number of rotatable bonds is 6. The number of carbonyl (C=O) groups is 2. The van der Waals surface area contributed by atoms with Crippen molar-refractivity contribution in [1.29, 1.82) is 0 Å². The number of ether oxygens (including phenoxy) is 1. The molecule has 96 valence electrons. The van der Waals surface area contributed by atoms with Gasteiger partial charge in [-0.25, -0.2) is 0 Å². The molecule has 17 heavy (non-hydrogen) atoms. The third kappa shape index (κ3) is 3.69. The lowest BCUT2D eigenvalue weighted by Gasteiger charge is -2.08. The Labute approximate surface area is 103 Å². The van der Waals surface area contributed by atoms with E-state index in [9.17, 15) is 9.59 Å². The van der Waals surface area contributed by atoms with E-state index in [1.165, 1.54) is 20.0 Å². The van der Waals surface area contributed by atoms with Crippen LogP contribution < -0.4 is 0 Å². The van der Waals surface area contributed by atoms with Crippen molar-refractivity contribution in [2.45, 2.75) is 52.4 Å². The third-order valence-corrected chi connectivity index (χ3v) is 3.44. The van der Waals surface area contributed by atoms with Crippen molar-refractivity contribution in [1.82, 2.24) is 0 Å². The number of esters is 1. The zero-order chi connectivity index (χ0) is 12.8. The van der Waals surface area contributed by atoms with Gasteiger partial charge in [0.2, 0.25) is 0 Å². The zero-order valence-electron chi connectivity index (χ0n) is 11.0. The second-order valence-electron chi connectivity index (χ2n) is 4.77. The van der Waals surface area contributed by atoms with Crippen LogP contribution in [-0.2, 0) is 14.3 Å². The summed E-state index contributed by atoms with van der Waals surface area (Å²) in [4.78, 5) is 23.3. The molecule has 0 N–H and O–H groups in total. The second-order valence-corrected chi connectivity index (χ2v) is 4.77. The average Bonchev–Trinajstić information content (AvgIpc) is 2.57. The lowest BCUT2D eigenvalue weighted by molar-refractivity contribution is -0.140. The standard InChI is InChI=1S/C14H22O3/c1-4-5-6-7-11-8-10(2)12(14(11)16)9-13(15)17-3/h11H,4-9H2,1-3H3. The number of ketones is 1. The van der Waals surface area contributed by atoms with E-state index in [4.69, 9.17) is 0 Å². The highest BCUT2D eigenvalue weighted by atomic mass is 16.5. The molecule has 1 atom stereocenters. The summed E-state index contributed by atoms with van der Waals surface area (Å²) in [5, 5.41) is 0. The molecule has 0 spiro atoms. The van der Waals surface area contributed by atoms with Gasteiger partial charge in [-0.1, -0.05) is 31.8 Å². The largest absolute Gasteiger partial charge is 0.469 e. The molecule has 0 aliphatic heterocycles. The highest BCUT2D eigenvalue weighted by molar-refractivity contribution is 6.03. The molecule has 1 aliphatic rings. The highest BCUT2D eigenvalue weighted by Gasteiger charge is 2.31. The summed E-state index contributed by atoms with van der Waals surface area (Å²) >= 11 is 0. The fourth-order valence-corrected chi connectivity index (χ4v) is 2.37. The smallest absolute Gasteiger partial charge is 0.310 e. The fourth-order valence-electron chi connectivity index (χ4n) is 2.37. The zero-order valence-corrected chi connectivity index (χ0v) is 11.0. The molecule has 0 aromatic carbocycles. The minimum absolute atomic E-state index is 0.112. The first-order chi connectivity index (χ1) is 8.10. The second kappa shape index (κ2) is 6.58. The predicted octanol–water partition coefficient (Wildman–Crippen LogP) is 3.04. The third-order valence-electron chi connectivity index (χ3n) is 3.44. The van der Waals surface area contributed by atoms with Crippen LogP contribution in [0, 0.1) is 5.92 Å². The Balaban J connectivity index is 2.53. The van der Waals surface area contributed by atoms with Crippen molar-refractivity contribution in [3.05, 3.63) is 11.1 Å². The lowest BCUT2D eigenvalue weighted by Crippen LogP contribution is -2.13. The minimum Gasteiger partial charge on any atom is -0.469 e. The Morgan fingerprint density at radius 1 is 1.41 bits per heavy atom. The monoisotopic (exact) mass is 238 g/mol. The maximum atomic E-state index is 12.1. The van der Waals surface area contributed by atoms with Crippen molar-refractivity contribution >= 4 is 11.8 Å². The molecule has 0 heterocycles. The highest BCUT2D eigenvalue weighted by Crippen LogP contribution is 2.33. The molecule has 1 aliphatic carbocycles. The van der Waals surface area contributed by atoms with Crippen molar-refractivity contribution < 1.29 is 14.3 Å². The van der Waals surface area contributed by atoms with Crippen LogP contribution in [0.15, 0.2) is 11.1 Å². The number of unbranched alkanes of at least 4 members (excludes halogenated alkanes) is 2. The van der Waals surface area contributed by atoms with Crippen LogP contribution in [0.3, 0.4) is 0 Å². The number of hydrogen-bond acceptors (Lipinski definition) is 3. The van der Waals surface area contributed by atoms with Gasteiger partial charge in [-0.05, 0) is 19.8 Å². The van der Waals surface area contributed by atoms with Gasteiger partial charge in [-0.15, -0.1) is 0 Å². The molecule has 0 radical (unpaired) electrons. The van der Waals surface area contributed by atoms with E-state index in [2.05, 4.69) is 11.7 Å². The van der Waals surface area contributed by atoms with Gasteiger partial charge in [0.05, 0.1) is 13.5 Å². The van der Waals surface area contributed by atoms with Gasteiger partial charge in [0.15, 0.2) is 5.78 Å². The molecule has 1 unspecified atom stereocenters. The van der Waals surface area contributed by atoms with Crippen molar-refractivity contribution in [2.75, 3.05) is 7.11 Å². The molecule has 0 saturated heterocycles. The molecule has 0 saturated carbocycles. The SMILES string of the molecule is CCCCCC1CC(C)=C(CC(=O)OC)C1=O. The van der Waals surface area contributed by atoms with E-state index in [0.29, 0.717) is 5.57 Å². The van der Waals surface area contributed by atoms with E-state index in [-0.39, 0.29) is 24.1 Å². The van der Waals surface area contributed by atoms with Gasteiger partial charge in [0.1, 0.15) is 0 Å². The van der Waals surface area contributed by atoms with Crippen molar-refractivity contribution in [3.8, 4) is 0 Å².